The first-order valence-corrected chi connectivity index (χ1v) is 4.70. The first-order valence-electron chi connectivity index (χ1n) is 4.70. The lowest BCUT2D eigenvalue weighted by Gasteiger charge is -2.06. The Kier molecular flexibility index (Phi) is 2.58. The van der Waals surface area contributed by atoms with Gasteiger partial charge in [-0.25, -0.2) is 4.98 Å². The van der Waals surface area contributed by atoms with E-state index in [1.165, 1.54) is 12.3 Å². The number of rotatable bonds is 2. The summed E-state index contributed by atoms with van der Waals surface area (Å²) in [6.45, 7) is 2.28. The number of pyridine rings is 1. The summed E-state index contributed by atoms with van der Waals surface area (Å²) in [6.07, 6.45) is 3.23. The Labute approximate surface area is 87.2 Å². The maximum atomic E-state index is 11.5. The van der Waals surface area contributed by atoms with Crippen LogP contribution in [0.5, 0.6) is 0 Å². The third kappa shape index (κ3) is 2.10. The van der Waals surface area contributed by atoms with Crippen LogP contribution in [-0.4, -0.2) is 14.5 Å². The molecule has 0 aromatic carbocycles. The van der Waals surface area contributed by atoms with Crippen LogP contribution >= 0.6 is 0 Å². The number of nitrogens with zero attached hydrogens (tertiary/aromatic N) is 3. The molecule has 0 aliphatic carbocycles. The minimum absolute atomic E-state index is 0.0480. The van der Waals surface area contributed by atoms with Crippen LogP contribution in [0.2, 0.25) is 0 Å². The first-order chi connectivity index (χ1) is 7.27. The third-order valence-electron chi connectivity index (χ3n) is 2.18. The van der Waals surface area contributed by atoms with E-state index in [4.69, 9.17) is 0 Å². The molecule has 0 atom stereocenters. The molecular formula is C11H11N3O. The van der Waals surface area contributed by atoms with Crippen molar-refractivity contribution in [3.63, 3.8) is 0 Å². The van der Waals surface area contributed by atoms with Crippen LogP contribution in [0.25, 0.3) is 0 Å². The van der Waals surface area contributed by atoms with Crippen molar-refractivity contribution in [1.82, 2.24) is 14.5 Å². The van der Waals surface area contributed by atoms with Crippen LogP contribution < -0.4 is 5.56 Å². The normalized spacial score (nSPS) is 10.2. The average molecular weight is 201 g/mol. The maximum Gasteiger partial charge on any atom is 0.253 e. The van der Waals surface area contributed by atoms with Crippen LogP contribution in [-0.2, 0) is 6.54 Å². The van der Waals surface area contributed by atoms with Gasteiger partial charge in [0.2, 0.25) is 0 Å². The molecule has 0 bridgehead atoms. The summed E-state index contributed by atoms with van der Waals surface area (Å²) >= 11 is 0. The molecular weight excluding hydrogens is 190 g/mol. The number of hydrogen-bond acceptors (Lipinski definition) is 3. The quantitative estimate of drug-likeness (QED) is 0.728. The molecule has 0 unspecified atom stereocenters. The Morgan fingerprint density at radius 1 is 1.20 bits per heavy atom. The van der Waals surface area contributed by atoms with Gasteiger partial charge in [-0.3, -0.25) is 14.3 Å². The van der Waals surface area contributed by atoms with E-state index in [0.717, 1.165) is 5.69 Å². The highest BCUT2D eigenvalue weighted by atomic mass is 16.1. The van der Waals surface area contributed by atoms with Crippen molar-refractivity contribution >= 4 is 0 Å². The lowest BCUT2D eigenvalue weighted by Crippen LogP contribution is -2.23. The molecule has 2 rings (SSSR count). The van der Waals surface area contributed by atoms with Crippen LogP contribution in [0.3, 0.4) is 0 Å². The Bertz CT molecular complexity index is 505. The fraction of sp³-hybridized carbons (Fsp3) is 0.182. The summed E-state index contributed by atoms with van der Waals surface area (Å²) in [4.78, 5) is 19.8. The van der Waals surface area contributed by atoms with Crippen molar-refractivity contribution in [3.8, 4) is 0 Å². The first kappa shape index (κ1) is 9.58. The largest absolute Gasteiger partial charge is 0.291 e. The summed E-state index contributed by atoms with van der Waals surface area (Å²) in [5, 5.41) is 0. The molecule has 0 saturated heterocycles. The number of aryl methyl sites for hydroxylation is 1. The van der Waals surface area contributed by atoms with Crippen molar-refractivity contribution in [1.29, 1.82) is 0 Å². The van der Waals surface area contributed by atoms with Gasteiger partial charge in [-0.05, 0) is 19.1 Å². The molecule has 0 spiro atoms. The molecule has 2 aromatic heterocycles. The molecule has 0 saturated carbocycles. The molecule has 4 nitrogen and oxygen atoms in total. The molecule has 2 aromatic rings. The number of hydrogen-bond donors (Lipinski definition) is 0. The monoisotopic (exact) mass is 201 g/mol. The van der Waals surface area contributed by atoms with Gasteiger partial charge in [0.15, 0.2) is 0 Å². The van der Waals surface area contributed by atoms with Crippen molar-refractivity contribution in [2.45, 2.75) is 13.5 Å². The van der Waals surface area contributed by atoms with Gasteiger partial charge >= 0.3 is 0 Å². The van der Waals surface area contributed by atoms with Gasteiger partial charge in [0.25, 0.3) is 5.56 Å². The van der Waals surface area contributed by atoms with Gasteiger partial charge in [-0.1, -0.05) is 6.07 Å². The SMILES string of the molecule is Cc1nccc(=O)n1Cc1ccccn1. The zero-order chi connectivity index (χ0) is 10.7. The van der Waals surface area contributed by atoms with E-state index in [-0.39, 0.29) is 5.56 Å². The predicted molar refractivity (Wildman–Crippen MR) is 56.6 cm³/mol. The fourth-order valence-electron chi connectivity index (χ4n) is 1.37. The molecule has 0 N–H and O–H groups in total. The van der Waals surface area contributed by atoms with Crippen LogP contribution in [0, 0.1) is 6.92 Å². The molecule has 0 aliphatic heterocycles. The Morgan fingerprint density at radius 3 is 2.73 bits per heavy atom. The molecule has 0 amide bonds. The molecule has 0 fully saturated rings. The lowest BCUT2D eigenvalue weighted by molar-refractivity contribution is 0.686. The van der Waals surface area contributed by atoms with E-state index in [0.29, 0.717) is 12.4 Å². The topological polar surface area (TPSA) is 47.8 Å². The molecule has 4 heteroatoms. The molecule has 76 valence electrons. The smallest absolute Gasteiger partial charge is 0.253 e. The fourth-order valence-corrected chi connectivity index (χ4v) is 1.37. The summed E-state index contributed by atoms with van der Waals surface area (Å²) < 4.78 is 1.60. The van der Waals surface area contributed by atoms with E-state index >= 15 is 0 Å². The van der Waals surface area contributed by atoms with Crippen LogP contribution in [0.15, 0.2) is 41.5 Å². The van der Waals surface area contributed by atoms with E-state index in [1.54, 1.807) is 10.8 Å². The highest BCUT2D eigenvalue weighted by molar-refractivity contribution is 5.05. The molecule has 0 aliphatic rings. The van der Waals surface area contributed by atoms with Crippen molar-refractivity contribution in [2.75, 3.05) is 0 Å². The van der Waals surface area contributed by atoms with Crippen molar-refractivity contribution in [2.24, 2.45) is 0 Å². The second kappa shape index (κ2) is 4.04. The zero-order valence-electron chi connectivity index (χ0n) is 8.42. The highest BCUT2D eigenvalue weighted by Crippen LogP contribution is 1.97. The van der Waals surface area contributed by atoms with Crippen molar-refractivity contribution < 1.29 is 0 Å². The average Bonchev–Trinajstić information content (AvgIpc) is 2.25. The summed E-state index contributed by atoms with van der Waals surface area (Å²) in [7, 11) is 0. The standard InChI is InChI=1S/C11H11N3O/c1-9-12-7-5-11(15)14(9)8-10-4-2-3-6-13-10/h2-7H,8H2,1H3. The molecule has 2 heterocycles. The van der Waals surface area contributed by atoms with E-state index in [2.05, 4.69) is 9.97 Å². The summed E-state index contributed by atoms with van der Waals surface area (Å²) in [6, 6.07) is 7.09. The molecule has 15 heavy (non-hydrogen) atoms. The lowest BCUT2D eigenvalue weighted by atomic mass is 10.3. The van der Waals surface area contributed by atoms with E-state index in [1.807, 2.05) is 25.1 Å². The minimum atomic E-state index is -0.0480. The van der Waals surface area contributed by atoms with Gasteiger partial charge in [0, 0.05) is 18.5 Å². The third-order valence-corrected chi connectivity index (χ3v) is 2.18. The van der Waals surface area contributed by atoms with E-state index in [9.17, 15) is 4.79 Å². The predicted octanol–water partition coefficient (Wildman–Crippen LogP) is 0.995. The summed E-state index contributed by atoms with van der Waals surface area (Å²) in [5.41, 5.74) is 0.809. The Morgan fingerprint density at radius 2 is 2.07 bits per heavy atom. The molecule has 0 radical (unpaired) electrons. The van der Waals surface area contributed by atoms with Crippen LogP contribution in [0.4, 0.5) is 0 Å². The Hall–Kier alpha value is -1.97. The number of aromatic nitrogens is 3. The van der Waals surface area contributed by atoms with Gasteiger partial charge in [0.05, 0.1) is 12.2 Å². The van der Waals surface area contributed by atoms with Gasteiger partial charge in [-0.15, -0.1) is 0 Å². The maximum absolute atomic E-state index is 11.5. The second-order valence-electron chi connectivity index (χ2n) is 3.24. The Balaban J connectivity index is 2.37. The van der Waals surface area contributed by atoms with E-state index < -0.39 is 0 Å². The van der Waals surface area contributed by atoms with Gasteiger partial charge < -0.3 is 0 Å². The second-order valence-corrected chi connectivity index (χ2v) is 3.24. The van der Waals surface area contributed by atoms with Gasteiger partial charge in [-0.2, -0.15) is 0 Å². The zero-order valence-corrected chi connectivity index (χ0v) is 8.42. The summed E-state index contributed by atoms with van der Waals surface area (Å²) in [5.74, 6) is 0.702. The highest BCUT2D eigenvalue weighted by Gasteiger charge is 2.01. The minimum Gasteiger partial charge on any atom is -0.291 e. The van der Waals surface area contributed by atoms with Crippen molar-refractivity contribution in [3.05, 3.63) is 58.5 Å². The van der Waals surface area contributed by atoms with Crippen LogP contribution in [0.1, 0.15) is 11.5 Å². The van der Waals surface area contributed by atoms with Gasteiger partial charge in [0.1, 0.15) is 5.82 Å².